The van der Waals surface area contributed by atoms with Gasteiger partial charge in [-0.05, 0) is 43.7 Å². The fourth-order valence-corrected chi connectivity index (χ4v) is 2.98. The Hall–Kier alpha value is -2.37. The predicted molar refractivity (Wildman–Crippen MR) is 104 cm³/mol. The number of unbranched alkanes of at least 4 members (excludes halogenated alkanes) is 1. The molecular formula is C20H30N4O2. The Kier molecular flexibility index (Phi) is 7.63. The van der Waals surface area contributed by atoms with E-state index in [0.29, 0.717) is 23.6 Å². The molecule has 0 radical (unpaired) electrons. The third-order valence-electron chi connectivity index (χ3n) is 4.45. The molecular weight excluding hydrogens is 328 g/mol. The van der Waals surface area contributed by atoms with Gasteiger partial charge in [0, 0.05) is 26.7 Å². The monoisotopic (exact) mass is 358 g/mol. The Balaban J connectivity index is 1.65. The highest BCUT2D eigenvalue weighted by atomic mass is 16.2. The number of hydrogen-bond acceptors (Lipinski definition) is 3. The highest BCUT2D eigenvalue weighted by molar-refractivity contribution is 6.21. The fourth-order valence-electron chi connectivity index (χ4n) is 2.98. The number of guanidine groups is 1. The van der Waals surface area contributed by atoms with Gasteiger partial charge in [-0.15, -0.1) is 0 Å². The van der Waals surface area contributed by atoms with E-state index in [-0.39, 0.29) is 11.8 Å². The third kappa shape index (κ3) is 5.31. The first kappa shape index (κ1) is 19.9. The third-order valence-corrected chi connectivity index (χ3v) is 4.45. The molecule has 1 heterocycles. The molecule has 1 aromatic carbocycles. The van der Waals surface area contributed by atoms with Crippen molar-refractivity contribution in [3.8, 4) is 0 Å². The molecule has 0 atom stereocenters. The second-order valence-corrected chi connectivity index (χ2v) is 6.98. The van der Waals surface area contributed by atoms with Gasteiger partial charge in [-0.3, -0.25) is 19.5 Å². The minimum atomic E-state index is -0.179. The summed E-state index contributed by atoms with van der Waals surface area (Å²) in [6.07, 6.45) is 3.95. The topological polar surface area (TPSA) is 73.8 Å². The van der Waals surface area contributed by atoms with Crippen molar-refractivity contribution in [3.63, 3.8) is 0 Å². The summed E-state index contributed by atoms with van der Waals surface area (Å²) in [5.74, 6) is 1.16. The van der Waals surface area contributed by atoms with Crippen molar-refractivity contribution in [1.29, 1.82) is 0 Å². The van der Waals surface area contributed by atoms with Gasteiger partial charge in [-0.2, -0.15) is 0 Å². The average molecular weight is 358 g/mol. The minimum Gasteiger partial charge on any atom is -0.356 e. The molecule has 142 valence electrons. The van der Waals surface area contributed by atoms with Gasteiger partial charge in [0.05, 0.1) is 11.1 Å². The molecule has 0 unspecified atom stereocenters. The van der Waals surface area contributed by atoms with Gasteiger partial charge >= 0.3 is 0 Å². The van der Waals surface area contributed by atoms with Crippen LogP contribution in [0.3, 0.4) is 0 Å². The first-order valence-electron chi connectivity index (χ1n) is 9.44. The van der Waals surface area contributed by atoms with E-state index in [4.69, 9.17) is 0 Å². The summed E-state index contributed by atoms with van der Waals surface area (Å²) in [7, 11) is 1.76. The van der Waals surface area contributed by atoms with Crippen LogP contribution in [0, 0.1) is 5.92 Å². The lowest BCUT2D eigenvalue weighted by atomic mass is 10.1. The molecule has 2 N–H and O–H groups in total. The Morgan fingerprint density at radius 3 is 2.12 bits per heavy atom. The van der Waals surface area contributed by atoms with E-state index in [1.807, 2.05) is 0 Å². The van der Waals surface area contributed by atoms with E-state index in [1.54, 1.807) is 31.3 Å². The van der Waals surface area contributed by atoms with Gasteiger partial charge in [0.15, 0.2) is 5.96 Å². The molecule has 6 nitrogen and oxygen atoms in total. The number of amides is 2. The maximum absolute atomic E-state index is 12.3. The number of nitrogens with zero attached hydrogens (tertiary/aromatic N) is 2. The first-order chi connectivity index (χ1) is 12.5. The van der Waals surface area contributed by atoms with Crippen molar-refractivity contribution >= 4 is 17.8 Å². The lowest BCUT2D eigenvalue weighted by Gasteiger charge is -2.15. The van der Waals surface area contributed by atoms with Crippen molar-refractivity contribution in [2.24, 2.45) is 10.9 Å². The van der Waals surface area contributed by atoms with Gasteiger partial charge in [-0.25, -0.2) is 0 Å². The molecule has 26 heavy (non-hydrogen) atoms. The molecule has 0 fully saturated rings. The number of benzene rings is 1. The summed E-state index contributed by atoms with van der Waals surface area (Å²) in [4.78, 5) is 30.1. The molecule has 0 saturated carbocycles. The van der Waals surface area contributed by atoms with Crippen LogP contribution in [0.4, 0.5) is 0 Å². The van der Waals surface area contributed by atoms with Crippen LogP contribution < -0.4 is 10.6 Å². The standard InChI is InChI=1S/C20H30N4O2/c1-15(2)9-8-13-23-20(21-3)22-12-6-7-14-24-18(25)16-10-4-5-11-17(16)19(24)26/h4-5,10-11,15H,6-9,12-14H2,1-3H3,(H2,21,22,23). The van der Waals surface area contributed by atoms with E-state index < -0.39 is 0 Å². The predicted octanol–water partition coefficient (Wildman–Crippen LogP) is 2.66. The Bertz CT molecular complexity index is 620. The average Bonchev–Trinajstić information content (AvgIpc) is 2.88. The SMILES string of the molecule is CN=C(NCCCCN1C(=O)c2ccccc2C1=O)NCCCC(C)C. The highest BCUT2D eigenvalue weighted by Gasteiger charge is 2.34. The van der Waals surface area contributed by atoms with Crippen LogP contribution >= 0.6 is 0 Å². The second kappa shape index (κ2) is 9.94. The van der Waals surface area contributed by atoms with E-state index in [1.165, 1.54) is 11.3 Å². The summed E-state index contributed by atoms with van der Waals surface area (Å²) in [5.41, 5.74) is 1.03. The quantitative estimate of drug-likeness (QED) is 0.308. The maximum atomic E-state index is 12.3. The lowest BCUT2D eigenvalue weighted by Crippen LogP contribution is -2.38. The molecule has 0 aromatic heterocycles. The second-order valence-electron chi connectivity index (χ2n) is 6.98. The van der Waals surface area contributed by atoms with Crippen LogP contribution in [0.5, 0.6) is 0 Å². The van der Waals surface area contributed by atoms with Crippen LogP contribution in [0.1, 0.15) is 60.2 Å². The largest absolute Gasteiger partial charge is 0.356 e. The van der Waals surface area contributed by atoms with Crippen LogP contribution in [-0.2, 0) is 0 Å². The van der Waals surface area contributed by atoms with Gasteiger partial charge in [0.2, 0.25) is 0 Å². The van der Waals surface area contributed by atoms with Crippen molar-refractivity contribution in [2.45, 2.75) is 39.5 Å². The summed E-state index contributed by atoms with van der Waals surface area (Å²) < 4.78 is 0. The molecule has 0 bridgehead atoms. The maximum Gasteiger partial charge on any atom is 0.261 e. The van der Waals surface area contributed by atoms with Gasteiger partial charge in [0.25, 0.3) is 11.8 Å². The number of carbonyl (C=O) groups excluding carboxylic acids is 2. The molecule has 2 rings (SSSR count). The number of aliphatic imine (C=N–C) groups is 1. The van der Waals surface area contributed by atoms with Gasteiger partial charge in [0.1, 0.15) is 0 Å². The van der Waals surface area contributed by atoms with E-state index in [2.05, 4.69) is 29.5 Å². The van der Waals surface area contributed by atoms with Gasteiger partial charge in [-0.1, -0.05) is 26.0 Å². The smallest absolute Gasteiger partial charge is 0.261 e. The zero-order valence-corrected chi connectivity index (χ0v) is 16.0. The normalized spacial score (nSPS) is 14.2. The zero-order chi connectivity index (χ0) is 18.9. The summed E-state index contributed by atoms with van der Waals surface area (Å²) in [6, 6.07) is 7.01. The van der Waals surface area contributed by atoms with Crippen molar-refractivity contribution in [3.05, 3.63) is 35.4 Å². The molecule has 2 amide bonds. The lowest BCUT2D eigenvalue weighted by molar-refractivity contribution is 0.0652. The molecule has 6 heteroatoms. The zero-order valence-electron chi connectivity index (χ0n) is 16.0. The number of imide groups is 1. The molecule has 1 aliphatic rings. The molecule has 0 saturated heterocycles. The number of hydrogen-bond donors (Lipinski definition) is 2. The molecule has 1 aromatic rings. The number of rotatable bonds is 9. The van der Waals surface area contributed by atoms with E-state index >= 15 is 0 Å². The molecule has 0 spiro atoms. The van der Waals surface area contributed by atoms with Crippen LogP contribution in [0.25, 0.3) is 0 Å². The van der Waals surface area contributed by atoms with E-state index in [0.717, 1.165) is 38.3 Å². The van der Waals surface area contributed by atoms with Crippen LogP contribution in [0.2, 0.25) is 0 Å². The van der Waals surface area contributed by atoms with Crippen molar-refractivity contribution in [2.75, 3.05) is 26.7 Å². The molecule has 1 aliphatic heterocycles. The Morgan fingerprint density at radius 1 is 1.00 bits per heavy atom. The fraction of sp³-hybridized carbons (Fsp3) is 0.550. The van der Waals surface area contributed by atoms with Crippen molar-refractivity contribution < 1.29 is 9.59 Å². The summed E-state index contributed by atoms with van der Waals surface area (Å²) in [5, 5.41) is 6.58. The van der Waals surface area contributed by atoms with Crippen LogP contribution in [-0.4, -0.2) is 49.4 Å². The Labute approximate surface area is 156 Å². The summed E-state index contributed by atoms with van der Waals surface area (Å²) in [6.45, 7) is 6.57. The highest BCUT2D eigenvalue weighted by Crippen LogP contribution is 2.22. The van der Waals surface area contributed by atoms with Crippen molar-refractivity contribution in [1.82, 2.24) is 15.5 Å². The number of nitrogens with one attached hydrogen (secondary N) is 2. The first-order valence-corrected chi connectivity index (χ1v) is 9.44. The molecule has 0 aliphatic carbocycles. The van der Waals surface area contributed by atoms with E-state index in [9.17, 15) is 9.59 Å². The Morgan fingerprint density at radius 2 is 1.58 bits per heavy atom. The summed E-state index contributed by atoms with van der Waals surface area (Å²) >= 11 is 0. The van der Waals surface area contributed by atoms with Crippen LogP contribution in [0.15, 0.2) is 29.3 Å². The van der Waals surface area contributed by atoms with Gasteiger partial charge < -0.3 is 10.6 Å². The minimum absolute atomic E-state index is 0.179. The number of carbonyl (C=O) groups is 2. The number of fused-ring (bicyclic) bond motifs is 1.